The molecule has 0 spiro atoms. The highest BCUT2D eigenvalue weighted by molar-refractivity contribution is 6.69. The lowest BCUT2D eigenvalue weighted by Crippen LogP contribution is -1.89. The summed E-state index contributed by atoms with van der Waals surface area (Å²) in [6.07, 6.45) is 4.08. The third-order valence-electron chi connectivity index (χ3n) is 1.08. The molecular weight excluding hydrogens is 181 g/mol. The van der Waals surface area contributed by atoms with E-state index in [1.165, 1.54) is 6.08 Å². The highest BCUT2D eigenvalue weighted by Gasteiger charge is 1.98. The van der Waals surface area contributed by atoms with E-state index < -0.39 is 5.83 Å². The Balaban J connectivity index is 4.52. The molecule has 0 aromatic carbocycles. The lowest BCUT2D eigenvalue weighted by molar-refractivity contribution is 0.321. The summed E-state index contributed by atoms with van der Waals surface area (Å²) in [6, 6.07) is 0. The number of rotatable bonds is 3. The van der Waals surface area contributed by atoms with Gasteiger partial charge in [0, 0.05) is 5.57 Å². The van der Waals surface area contributed by atoms with Gasteiger partial charge in [-0.15, -0.1) is 0 Å². The summed E-state index contributed by atoms with van der Waals surface area (Å²) in [6.45, 7) is 4.71. The first-order valence-corrected chi connectivity index (χ1v) is 3.56. The Labute approximate surface area is 75.3 Å². The molecule has 0 fully saturated rings. The lowest BCUT2D eigenvalue weighted by atomic mass is 10.2. The number of oxime groups is 1. The van der Waals surface area contributed by atoms with Gasteiger partial charge in [0.15, 0.2) is 5.17 Å². The Morgan fingerprint density at radius 1 is 1.58 bits per heavy atom. The molecule has 12 heavy (non-hydrogen) atoms. The standard InChI is InChI=1S/C8H9ClFNO/c1-3-7(8(9)11-12)5-4-6(2)10/h3-5,12H,2H2,1H3/b5-4-,7-3+,11-8-. The second kappa shape index (κ2) is 5.55. The van der Waals surface area contributed by atoms with Gasteiger partial charge in [-0.05, 0) is 19.1 Å². The van der Waals surface area contributed by atoms with E-state index in [0.29, 0.717) is 5.57 Å². The van der Waals surface area contributed by atoms with Crippen molar-refractivity contribution in [1.29, 1.82) is 0 Å². The maximum Gasteiger partial charge on any atom is 0.174 e. The molecule has 0 heterocycles. The van der Waals surface area contributed by atoms with Crippen LogP contribution in [0.3, 0.4) is 0 Å². The maximum atomic E-state index is 12.1. The molecule has 2 nitrogen and oxygen atoms in total. The fourth-order valence-corrected chi connectivity index (χ4v) is 0.694. The molecule has 0 unspecified atom stereocenters. The van der Waals surface area contributed by atoms with Gasteiger partial charge in [0.05, 0.1) is 0 Å². The first-order chi connectivity index (χ1) is 5.61. The summed E-state index contributed by atoms with van der Waals surface area (Å²) < 4.78 is 12.1. The summed E-state index contributed by atoms with van der Waals surface area (Å²) >= 11 is 5.44. The van der Waals surface area contributed by atoms with E-state index >= 15 is 0 Å². The fraction of sp³-hybridized carbons (Fsp3) is 0.125. The van der Waals surface area contributed by atoms with Crippen LogP contribution in [-0.4, -0.2) is 10.4 Å². The van der Waals surface area contributed by atoms with Crippen LogP contribution in [-0.2, 0) is 0 Å². The van der Waals surface area contributed by atoms with Gasteiger partial charge in [0.25, 0.3) is 0 Å². The van der Waals surface area contributed by atoms with Crippen LogP contribution in [0.4, 0.5) is 4.39 Å². The number of hydrogen-bond donors (Lipinski definition) is 1. The maximum absolute atomic E-state index is 12.1. The minimum absolute atomic E-state index is 0.0880. The zero-order valence-electron chi connectivity index (χ0n) is 6.59. The lowest BCUT2D eigenvalue weighted by Gasteiger charge is -1.93. The zero-order valence-corrected chi connectivity index (χ0v) is 7.35. The molecule has 4 heteroatoms. The van der Waals surface area contributed by atoms with Crippen molar-refractivity contribution in [3.63, 3.8) is 0 Å². The third kappa shape index (κ3) is 3.93. The van der Waals surface area contributed by atoms with Crippen molar-refractivity contribution in [3.05, 3.63) is 36.2 Å². The third-order valence-corrected chi connectivity index (χ3v) is 1.37. The second-order valence-corrected chi connectivity index (χ2v) is 2.27. The Bertz CT molecular complexity index is 256. The average Bonchev–Trinajstić information content (AvgIpc) is 2.04. The van der Waals surface area contributed by atoms with Crippen LogP contribution in [0.5, 0.6) is 0 Å². The molecule has 0 aliphatic carbocycles. The van der Waals surface area contributed by atoms with Crippen LogP contribution >= 0.6 is 11.6 Å². The number of hydrogen-bond acceptors (Lipinski definition) is 2. The molecule has 0 saturated heterocycles. The Hall–Kier alpha value is -1.09. The number of halogens is 2. The molecule has 0 aliphatic rings. The van der Waals surface area contributed by atoms with Crippen molar-refractivity contribution in [2.24, 2.45) is 5.16 Å². The first kappa shape index (κ1) is 10.9. The van der Waals surface area contributed by atoms with Crippen molar-refractivity contribution >= 4 is 16.8 Å². The van der Waals surface area contributed by atoms with E-state index in [1.807, 2.05) is 0 Å². The Morgan fingerprint density at radius 3 is 2.50 bits per heavy atom. The van der Waals surface area contributed by atoms with Crippen molar-refractivity contribution in [1.82, 2.24) is 0 Å². The topological polar surface area (TPSA) is 32.6 Å². The van der Waals surface area contributed by atoms with Crippen molar-refractivity contribution in [3.8, 4) is 0 Å². The first-order valence-electron chi connectivity index (χ1n) is 3.18. The van der Waals surface area contributed by atoms with Gasteiger partial charge in [0.2, 0.25) is 0 Å². The molecule has 0 aromatic heterocycles. The van der Waals surface area contributed by atoms with Gasteiger partial charge >= 0.3 is 0 Å². The summed E-state index contributed by atoms with van der Waals surface area (Å²) in [5.41, 5.74) is 0.429. The summed E-state index contributed by atoms with van der Waals surface area (Å²) in [4.78, 5) is 0. The predicted molar refractivity (Wildman–Crippen MR) is 48.2 cm³/mol. The SMILES string of the molecule is C=C(F)\C=C/C(=C\C)C(/Cl)=N/O. The monoisotopic (exact) mass is 189 g/mol. The van der Waals surface area contributed by atoms with Gasteiger partial charge in [-0.25, -0.2) is 4.39 Å². The fourth-order valence-electron chi connectivity index (χ4n) is 0.522. The quantitative estimate of drug-likeness (QED) is 0.315. The van der Waals surface area contributed by atoms with Gasteiger partial charge < -0.3 is 5.21 Å². The molecule has 0 saturated carbocycles. The van der Waals surface area contributed by atoms with Crippen LogP contribution < -0.4 is 0 Å². The number of allylic oxidation sites excluding steroid dienone is 5. The van der Waals surface area contributed by atoms with Crippen LogP contribution in [0.1, 0.15) is 6.92 Å². The van der Waals surface area contributed by atoms with Gasteiger partial charge in [-0.2, -0.15) is 0 Å². The molecule has 0 bridgehead atoms. The molecule has 0 atom stereocenters. The highest BCUT2D eigenvalue weighted by Crippen LogP contribution is 2.06. The van der Waals surface area contributed by atoms with Gasteiger partial charge in [-0.3, -0.25) is 0 Å². The van der Waals surface area contributed by atoms with Crippen LogP contribution in [0.25, 0.3) is 0 Å². The van der Waals surface area contributed by atoms with Gasteiger partial charge in [0.1, 0.15) is 5.83 Å². The summed E-state index contributed by atoms with van der Waals surface area (Å²) in [5.74, 6) is -0.586. The molecule has 0 amide bonds. The smallest absolute Gasteiger partial charge is 0.174 e. The second-order valence-electron chi connectivity index (χ2n) is 1.92. The number of nitrogens with zero attached hydrogens (tertiary/aromatic N) is 1. The zero-order chi connectivity index (χ0) is 9.56. The normalized spacial score (nSPS) is 13.9. The molecule has 0 aliphatic heterocycles. The van der Waals surface area contributed by atoms with Crippen molar-refractivity contribution < 1.29 is 9.60 Å². The Morgan fingerprint density at radius 2 is 2.17 bits per heavy atom. The predicted octanol–water partition coefficient (Wildman–Crippen LogP) is 3.00. The van der Waals surface area contributed by atoms with Crippen molar-refractivity contribution in [2.75, 3.05) is 0 Å². The average molecular weight is 190 g/mol. The summed E-state index contributed by atoms with van der Waals surface area (Å²) in [5, 5.41) is 10.9. The van der Waals surface area contributed by atoms with E-state index in [0.717, 1.165) is 6.08 Å². The van der Waals surface area contributed by atoms with E-state index in [4.69, 9.17) is 16.8 Å². The van der Waals surface area contributed by atoms with Crippen LogP contribution in [0.15, 0.2) is 41.4 Å². The largest absolute Gasteiger partial charge is 0.410 e. The summed E-state index contributed by atoms with van der Waals surface area (Å²) in [7, 11) is 0. The molecule has 1 N–H and O–H groups in total. The van der Waals surface area contributed by atoms with E-state index in [9.17, 15) is 4.39 Å². The molecule has 0 radical (unpaired) electrons. The van der Waals surface area contributed by atoms with Crippen LogP contribution in [0, 0.1) is 0 Å². The van der Waals surface area contributed by atoms with Crippen molar-refractivity contribution in [2.45, 2.75) is 6.92 Å². The highest BCUT2D eigenvalue weighted by atomic mass is 35.5. The Kier molecular flexibility index (Phi) is 5.04. The molecule has 0 aromatic rings. The molecular formula is C8H9ClFNO. The van der Waals surface area contributed by atoms with Gasteiger partial charge in [-0.1, -0.05) is 29.4 Å². The molecule has 0 rings (SSSR count). The minimum atomic E-state index is -0.586. The van der Waals surface area contributed by atoms with E-state index in [-0.39, 0.29) is 5.17 Å². The molecule has 66 valence electrons. The van der Waals surface area contributed by atoms with E-state index in [1.54, 1.807) is 13.0 Å². The van der Waals surface area contributed by atoms with Crippen LogP contribution in [0.2, 0.25) is 0 Å². The minimum Gasteiger partial charge on any atom is -0.410 e. The van der Waals surface area contributed by atoms with E-state index in [2.05, 4.69) is 11.7 Å².